The normalized spacial score (nSPS) is 17.9. The van der Waals surface area contributed by atoms with Crippen molar-refractivity contribution < 1.29 is 19.1 Å². The molecule has 4 rings (SSSR count). The summed E-state index contributed by atoms with van der Waals surface area (Å²) in [5.74, 6) is 0. The molecule has 8 nitrogen and oxygen atoms in total. The molecule has 0 unspecified atom stereocenters. The van der Waals surface area contributed by atoms with Gasteiger partial charge in [-0.05, 0) is 51.8 Å². The third-order valence-corrected chi connectivity index (χ3v) is 5.19. The van der Waals surface area contributed by atoms with Crippen molar-refractivity contribution in [3.63, 3.8) is 0 Å². The van der Waals surface area contributed by atoms with E-state index in [4.69, 9.17) is 9.47 Å². The number of imidazole rings is 1. The van der Waals surface area contributed by atoms with Crippen LogP contribution in [0.25, 0.3) is 11.0 Å². The van der Waals surface area contributed by atoms with E-state index in [9.17, 15) is 9.59 Å². The Morgan fingerprint density at radius 2 is 1.94 bits per heavy atom. The Bertz CT molecular complexity index is 1130. The molecule has 0 saturated heterocycles. The SMILES string of the molecule is C[C@H]1C[C@@H](NC(=O)OCc2ccccc2)c2c(ccc3c2ncn3C(=O)OC(C)(C)C)N1. The van der Waals surface area contributed by atoms with Crippen molar-refractivity contribution in [2.45, 2.75) is 58.4 Å². The van der Waals surface area contributed by atoms with Crippen LogP contribution in [0.5, 0.6) is 0 Å². The van der Waals surface area contributed by atoms with Crippen LogP contribution in [0.1, 0.15) is 51.3 Å². The van der Waals surface area contributed by atoms with Gasteiger partial charge in [0.05, 0.1) is 17.1 Å². The van der Waals surface area contributed by atoms with Crippen molar-refractivity contribution in [1.29, 1.82) is 0 Å². The van der Waals surface area contributed by atoms with E-state index in [0.717, 1.165) is 16.8 Å². The van der Waals surface area contributed by atoms with E-state index in [-0.39, 0.29) is 18.7 Å². The summed E-state index contributed by atoms with van der Waals surface area (Å²) in [6.45, 7) is 7.70. The number of amides is 1. The number of benzene rings is 2. The molecular formula is C24H28N4O4. The van der Waals surface area contributed by atoms with E-state index in [1.807, 2.05) is 63.2 Å². The Morgan fingerprint density at radius 3 is 2.66 bits per heavy atom. The lowest BCUT2D eigenvalue weighted by molar-refractivity contribution is 0.0543. The van der Waals surface area contributed by atoms with Crippen LogP contribution in [0.15, 0.2) is 48.8 Å². The molecule has 0 radical (unpaired) electrons. The van der Waals surface area contributed by atoms with Gasteiger partial charge in [-0.15, -0.1) is 0 Å². The van der Waals surface area contributed by atoms with Gasteiger partial charge in [-0.1, -0.05) is 30.3 Å². The number of alkyl carbamates (subject to hydrolysis) is 1. The maximum absolute atomic E-state index is 12.6. The molecule has 0 saturated carbocycles. The van der Waals surface area contributed by atoms with E-state index in [1.54, 1.807) is 0 Å². The molecule has 168 valence electrons. The fourth-order valence-corrected chi connectivity index (χ4v) is 3.87. The average Bonchev–Trinajstić information content (AvgIpc) is 3.16. The van der Waals surface area contributed by atoms with Gasteiger partial charge in [-0.25, -0.2) is 19.1 Å². The smallest absolute Gasteiger partial charge is 0.420 e. The van der Waals surface area contributed by atoms with Gasteiger partial charge in [0.15, 0.2) is 0 Å². The predicted octanol–water partition coefficient (Wildman–Crippen LogP) is 4.99. The number of anilines is 1. The maximum Gasteiger partial charge on any atom is 0.420 e. The van der Waals surface area contributed by atoms with Crippen molar-refractivity contribution in [1.82, 2.24) is 14.9 Å². The van der Waals surface area contributed by atoms with Gasteiger partial charge in [-0.2, -0.15) is 0 Å². The van der Waals surface area contributed by atoms with Crippen molar-refractivity contribution in [3.05, 3.63) is 59.9 Å². The van der Waals surface area contributed by atoms with Gasteiger partial charge in [-0.3, -0.25) is 0 Å². The largest absolute Gasteiger partial charge is 0.445 e. The lowest BCUT2D eigenvalue weighted by atomic mass is 9.92. The number of hydrogen-bond acceptors (Lipinski definition) is 6. The summed E-state index contributed by atoms with van der Waals surface area (Å²) in [6.07, 6.45) is 1.12. The minimum absolute atomic E-state index is 0.146. The molecule has 2 aromatic carbocycles. The lowest BCUT2D eigenvalue weighted by Crippen LogP contribution is -2.36. The van der Waals surface area contributed by atoms with Gasteiger partial charge < -0.3 is 20.1 Å². The molecule has 8 heteroatoms. The highest BCUT2D eigenvalue weighted by molar-refractivity contribution is 5.92. The molecule has 1 aliphatic heterocycles. The fraction of sp³-hybridized carbons (Fsp3) is 0.375. The van der Waals surface area contributed by atoms with E-state index in [2.05, 4.69) is 22.5 Å². The molecule has 0 spiro atoms. The summed E-state index contributed by atoms with van der Waals surface area (Å²) < 4.78 is 12.3. The third-order valence-electron chi connectivity index (χ3n) is 5.19. The van der Waals surface area contributed by atoms with Gasteiger partial charge in [0, 0.05) is 17.3 Å². The number of fused-ring (bicyclic) bond motifs is 3. The number of carbonyl (C=O) groups excluding carboxylic acids is 2. The van der Waals surface area contributed by atoms with Gasteiger partial charge in [0.2, 0.25) is 0 Å². The summed E-state index contributed by atoms with van der Waals surface area (Å²) >= 11 is 0. The lowest BCUT2D eigenvalue weighted by Gasteiger charge is -2.32. The first-order valence-electron chi connectivity index (χ1n) is 10.7. The van der Waals surface area contributed by atoms with E-state index in [1.165, 1.54) is 10.9 Å². The van der Waals surface area contributed by atoms with E-state index < -0.39 is 17.8 Å². The molecule has 1 amide bonds. The van der Waals surface area contributed by atoms with Gasteiger partial charge in [0.1, 0.15) is 18.5 Å². The molecule has 0 aliphatic carbocycles. The molecule has 2 atom stereocenters. The van der Waals surface area contributed by atoms with Crippen molar-refractivity contribution in [2.24, 2.45) is 0 Å². The Kier molecular flexibility index (Phi) is 5.78. The number of ether oxygens (including phenoxy) is 2. The van der Waals surface area contributed by atoms with Crippen LogP contribution in [0, 0.1) is 0 Å². The molecular weight excluding hydrogens is 408 g/mol. The zero-order chi connectivity index (χ0) is 22.9. The van der Waals surface area contributed by atoms with Crippen LogP contribution in [-0.4, -0.2) is 33.4 Å². The minimum Gasteiger partial charge on any atom is -0.445 e. The summed E-state index contributed by atoms with van der Waals surface area (Å²) in [4.78, 5) is 29.7. The Labute approximate surface area is 186 Å². The first kappa shape index (κ1) is 21.7. The summed E-state index contributed by atoms with van der Waals surface area (Å²) in [7, 11) is 0. The zero-order valence-electron chi connectivity index (χ0n) is 18.7. The second-order valence-corrected chi connectivity index (χ2v) is 9.03. The van der Waals surface area contributed by atoms with Crippen LogP contribution in [0.4, 0.5) is 15.3 Å². The highest BCUT2D eigenvalue weighted by atomic mass is 16.6. The highest BCUT2D eigenvalue weighted by Gasteiger charge is 2.30. The fourth-order valence-electron chi connectivity index (χ4n) is 3.87. The number of aromatic nitrogens is 2. The van der Waals surface area contributed by atoms with Crippen molar-refractivity contribution >= 4 is 28.9 Å². The Balaban J connectivity index is 1.59. The second kappa shape index (κ2) is 8.53. The van der Waals surface area contributed by atoms with Gasteiger partial charge >= 0.3 is 12.2 Å². The molecule has 2 heterocycles. The van der Waals surface area contributed by atoms with E-state index in [0.29, 0.717) is 17.5 Å². The highest BCUT2D eigenvalue weighted by Crippen LogP contribution is 2.37. The topological polar surface area (TPSA) is 94.5 Å². The van der Waals surface area contributed by atoms with Crippen molar-refractivity contribution in [3.8, 4) is 0 Å². The molecule has 0 fully saturated rings. The summed E-state index contributed by atoms with van der Waals surface area (Å²) in [6, 6.07) is 13.1. The Hall–Kier alpha value is -3.55. The van der Waals surface area contributed by atoms with Crippen molar-refractivity contribution in [2.75, 3.05) is 5.32 Å². The van der Waals surface area contributed by atoms with Crippen LogP contribution < -0.4 is 10.6 Å². The number of nitrogens with zero attached hydrogens (tertiary/aromatic N) is 2. The first-order chi connectivity index (χ1) is 15.2. The molecule has 1 aromatic heterocycles. The monoisotopic (exact) mass is 436 g/mol. The predicted molar refractivity (Wildman–Crippen MR) is 122 cm³/mol. The molecule has 3 aromatic rings. The van der Waals surface area contributed by atoms with Gasteiger partial charge in [0.25, 0.3) is 0 Å². The summed E-state index contributed by atoms with van der Waals surface area (Å²) in [5, 5.41) is 6.41. The van der Waals surface area contributed by atoms with Crippen LogP contribution in [0.2, 0.25) is 0 Å². The van der Waals surface area contributed by atoms with E-state index >= 15 is 0 Å². The quantitative estimate of drug-likeness (QED) is 0.601. The summed E-state index contributed by atoms with van der Waals surface area (Å²) in [5.41, 5.74) is 3.27. The minimum atomic E-state index is -0.620. The number of carbonyl (C=O) groups is 2. The number of rotatable bonds is 3. The maximum atomic E-state index is 12.6. The third kappa shape index (κ3) is 4.69. The Morgan fingerprint density at radius 1 is 1.19 bits per heavy atom. The second-order valence-electron chi connectivity index (χ2n) is 9.03. The molecule has 32 heavy (non-hydrogen) atoms. The average molecular weight is 437 g/mol. The molecule has 2 N–H and O–H groups in total. The molecule has 0 bridgehead atoms. The standard InChI is InChI=1S/C24H28N4O4/c1-15-12-18(27-22(29)31-13-16-8-6-5-7-9-16)20-17(26-15)10-11-19-21(20)25-14-28(19)23(30)32-24(2,3)4/h5-11,14-15,18,26H,12-13H2,1-4H3,(H,27,29)/t15-,18+/m0/s1. The van der Waals surface area contributed by atoms with Crippen LogP contribution in [-0.2, 0) is 16.1 Å². The van der Waals surface area contributed by atoms with Crippen LogP contribution >= 0.6 is 0 Å². The number of hydrogen-bond donors (Lipinski definition) is 2. The number of nitrogens with one attached hydrogen (secondary N) is 2. The van der Waals surface area contributed by atoms with Crippen LogP contribution in [0.3, 0.4) is 0 Å². The zero-order valence-corrected chi connectivity index (χ0v) is 18.7. The molecule has 1 aliphatic rings. The first-order valence-corrected chi connectivity index (χ1v) is 10.7.